The van der Waals surface area contributed by atoms with Gasteiger partial charge in [0, 0.05) is 13.6 Å². The van der Waals surface area contributed by atoms with E-state index in [1.807, 2.05) is 0 Å². The highest BCUT2D eigenvalue weighted by Crippen LogP contribution is 2.28. The molecule has 1 heterocycles. The van der Waals surface area contributed by atoms with Crippen molar-refractivity contribution < 1.29 is 14.1 Å². The van der Waals surface area contributed by atoms with Crippen LogP contribution < -0.4 is 10.6 Å². The first kappa shape index (κ1) is 18.4. The van der Waals surface area contributed by atoms with Gasteiger partial charge in [-0.2, -0.15) is 5.10 Å². The average Bonchev–Trinajstić information content (AvgIpc) is 2.85. The molecule has 8 nitrogen and oxygen atoms in total. The fourth-order valence-corrected chi connectivity index (χ4v) is 2.46. The summed E-state index contributed by atoms with van der Waals surface area (Å²) in [4.78, 5) is 23.1. The van der Waals surface area contributed by atoms with E-state index in [0.29, 0.717) is 6.42 Å². The van der Waals surface area contributed by atoms with Crippen LogP contribution in [0.5, 0.6) is 0 Å². The summed E-state index contributed by atoms with van der Waals surface area (Å²) in [5, 5.41) is 20.9. The predicted molar refractivity (Wildman–Crippen MR) is 90.5 cm³/mol. The Bertz CT molecular complexity index is 773. The Morgan fingerprint density at radius 3 is 2.60 bits per heavy atom. The Labute approximate surface area is 144 Å². The zero-order chi connectivity index (χ0) is 18.6. The normalized spacial score (nSPS) is 11.8. The molecule has 0 fully saturated rings. The second-order valence-corrected chi connectivity index (χ2v) is 5.61. The molecule has 0 saturated carbocycles. The molecule has 0 unspecified atom stereocenters. The first-order chi connectivity index (χ1) is 11.8. The zero-order valence-corrected chi connectivity index (χ0v) is 14.2. The molecule has 0 saturated heterocycles. The second-order valence-electron chi connectivity index (χ2n) is 5.61. The molecule has 2 rings (SSSR count). The van der Waals surface area contributed by atoms with Gasteiger partial charge < -0.3 is 10.6 Å². The summed E-state index contributed by atoms with van der Waals surface area (Å²) < 4.78 is 14.2. The summed E-state index contributed by atoms with van der Waals surface area (Å²) in [5.74, 6) is -0.465. The maximum absolute atomic E-state index is 12.9. The minimum absolute atomic E-state index is 0.146. The summed E-state index contributed by atoms with van der Waals surface area (Å²) in [6.45, 7) is 3.58. The first-order valence-electron chi connectivity index (χ1n) is 7.80. The highest BCUT2D eigenvalue weighted by molar-refractivity contribution is 5.85. The van der Waals surface area contributed by atoms with Crippen molar-refractivity contribution in [1.29, 1.82) is 0 Å². The maximum Gasteiger partial charge on any atom is 0.333 e. The van der Waals surface area contributed by atoms with Gasteiger partial charge in [0.05, 0.1) is 4.92 Å². The van der Waals surface area contributed by atoms with Crippen LogP contribution in [0.2, 0.25) is 0 Å². The van der Waals surface area contributed by atoms with Crippen molar-refractivity contribution in [2.24, 2.45) is 7.05 Å². The number of nitro groups is 1. The lowest BCUT2D eigenvalue weighted by atomic mass is 10.2. The van der Waals surface area contributed by atoms with Gasteiger partial charge in [-0.25, -0.2) is 9.07 Å². The van der Waals surface area contributed by atoms with Gasteiger partial charge in [-0.05, 0) is 31.0 Å². The Hall–Kier alpha value is -2.97. The van der Waals surface area contributed by atoms with Crippen LogP contribution in [-0.2, 0) is 18.4 Å². The number of aryl methyl sites for hydroxylation is 2. The number of hydrogen-bond donors (Lipinski definition) is 2. The fraction of sp³-hybridized carbons (Fsp3) is 0.375. The standard InChI is InChI=1S/C16H20FN5O3/c1-4-13(16(23)18-9-11-5-7-12(17)8-6-11)19-15-14(22(24)25)10(2)20-21(15)3/h5-8,13,19H,4,9H2,1-3H3,(H,18,23)/t13-/m1/s1. The summed E-state index contributed by atoms with van der Waals surface area (Å²) >= 11 is 0. The van der Waals surface area contributed by atoms with Crippen LogP contribution in [-0.4, -0.2) is 26.7 Å². The maximum atomic E-state index is 12.9. The van der Waals surface area contributed by atoms with Crippen LogP contribution in [0.4, 0.5) is 15.9 Å². The second kappa shape index (κ2) is 7.73. The molecule has 0 aliphatic rings. The Balaban J connectivity index is 2.08. The van der Waals surface area contributed by atoms with Gasteiger partial charge in [0.25, 0.3) is 0 Å². The monoisotopic (exact) mass is 349 g/mol. The van der Waals surface area contributed by atoms with Crippen molar-refractivity contribution in [1.82, 2.24) is 15.1 Å². The highest BCUT2D eigenvalue weighted by atomic mass is 19.1. The van der Waals surface area contributed by atoms with Crippen LogP contribution in [0, 0.1) is 22.9 Å². The molecular weight excluding hydrogens is 329 g/mol. The Morgan fingerprint density at radius 2 is 2.04 bits per heavy atom. The summed E-state index contributed by atoms with van der Waals surface area (Å²) in [7, 11) is 1.57. The van der Waals surface area contributed by atoms with E-state index < -0.39 is 11.0 Å². The first-order valence-corrected chi connectivity index (χ1v) is 7.80. The number of anilines is 1. The molecule has 134 valence electrons. The zero-order valence-electron chi connectivity index (χ0n) is 14.2. The molecule has 0 aliphatic heterocycles. The molecular formula is C16H20FN5O3. The van der Waals surface area contributed by atoms with Crippen molar-refractivity contribution in [3.63, 3.8) is 0 Å². The topological polar surface area (TPSA) is 102 Å². The van der Waals surface area contributed by atoms with Gasteiger partial charge in [-0.3, -0.25) is 14.9 Å². The molecule has 2 N–H and O–H groups in total. The van der Waals surface area contributed by atoms with E-state index in [2.05, 4.69) is 15.7 Å². The van der Waals surface area contributed by atoms with Crippen molar-refractivity contribution in [3.05, 3.63) is 51.5 Å². The van der Waals surface area contributed by atoms with Crippen molar-refractivity contribution in [2.45, 2.75) is 32.9 Å². The molecule has 0 radical (unpaired) electrons. The number of nitrogens with one attached hydrogen (secondary N) is 2. The van der Waals surface area contributed by atoms with Gasteiger partial charge >= 0.3 is 5.69 Å². The van der Waals surface area contributed by atoms with E-state index in [-0.39, 0.29) is 35.5 Å². The fourth-order valence-electron chi connectivity index (χ4n) is 2.46. The number of rotatable bonds is 7. The number of carbonyl (C=O) groups is 1. The average molecular weight is 349 g/mol. The third-order valence-electron chi connectivity index (χ3n) is 3.79. The third kappa shape index (κ3) is 4.31. The number of carbonyl (C=O) groups excluding carboxylic acids is 1. The molecule has 2 aromatic rings. The van der Waals surface area contributed by atoms with E-state index in [0.717, 1.165) is 5.56 Å². The Kier molecular flexibility index (Phi) is 5.68. The lowest BCUT2D eigenvalue weighted by Gasteiger charge is -2.17. The van der Waals surface area contributed by atoms with Gasteiger partial charge in [0.15, 0.2) is 0 Å². The molecule has 9 heteroatoms. The minimum Gasteiger partial charge on any atom is -0.353 e. The van der Waals surface area contributed by atoms with Gasteiger partial charge in [-0.1, -0.05) is 19.1 Å². The molecule has 25 heavy (non-hydrogen) atoms. The van der Waals surface area contributed by atoms with Crippen LogP contribution in [0.25, 0.3) is 0 Å². The van der Waals surface area contributed by atoms with Crippen LogP contribution >= 0.6 is 0 Å². The molecule has 0 spiro atoms. The number of benzene rings is 1. The van der Waals surface area contributed by atoms with Crippen LogP contribution in [0.1, 0.15) is 24.6 Å². The van der Waals surface area contributed by atoms with Crippen LogP contribution in [0.15, 0.2) is 24.3 Å². The van der Waals surface area contributed by atoms with Crippen molar-refractivity contribution in [3.8, 4) is 0 Å². The lowest BCUT2D eigenvalue weighted by Crippen LogP contribution is -2.39. The minimum atomic E-state index is -0.658. The van der Waals surface area contributed by atoms with E-state index in [4.69, 9.17) is 0 Å². The molecule has 0 bridgehead atoms. The molecule has 1 amide bonds. The summed E-state index contributed by atoms with van der Waals surface area (Å²) in [5.41, 5.74) is 0.885. The molecule has 1 aromatic carbocycles. The van der Waals surface area contributed by atoms with E-state index in [1.54, 1.807) is 33.0 Å². The van der Waals surface area contributed by atoms with E-state index >= 15 is 0 Å². The number of aromatic nitrogens is 2. The predicted octanol–water partition coefficient (Wildman–Crippen LogP) is 2.28. The number of nitrogens with zero attached hydrogens (tertiary/aromatic N) is 3. The summed E-state index contributed by atoms with van der Waals surface area (Å²) in [6, 6.07) is 5.14. The molecule has 1 atom stereocenters. The van der Waals surface area contributed by atoms with Gasteiger partial charge in [0.1, 0.15) is 17.6 Å². The number of hydrogen-bond acceptors (Lipinski definition) is 5. The largest absolute Gasteiger partial charge is 0.353 e. The quantitative estimate of drug-likeness (QED) is 0.590. The van der Waals surface area contributed by atoms with Crippen molar-refractivity contribution >= 4 is 17.4 Å². The Morgan fingerprint density at radius 1 is 1.40 bits per heavy atom. The highest BCUT2D eigenvalue weighted by Gasteiger charge is 2.27. The smallest absolute Gasteiger partial charge is 0.333 e. The van der Waals surface area contributed by atoms with Crippen molar-refractivity contribution in [2.75, 3.05) is 5.32 Å². The number of amides is 1. The molecule has 0 aliphatic carbocycles. The van der Waals surface area contributed by atoms with Gasteiger partial charge in [-0.15, -0.1) is 0 Å². The summed E-state index contributed by atoms with van der Waals surface area (Å²) in [6.07, 6.45) is 0.427. The van der Waals surface area contributed by atoms with Crippen LogP contribution in [0.3, 0.4) is 0 Å². The number of halogens is 1. The molecule has 1 aromatic heterocycles. The van der Waals surface area contributed by atoms with E-state index in [1.165, 1.54) is 16.8 Å². The van der Waals surface area contributed by atoms with E-state index in [9.17, 15) is 19.3 Å². The SMILES string of the molecule is CC[C@@H](Nc1c([N+](=O)[O-])c(C)nn1C)C(=O)NCc1ccc(F)cc1. The lowest BCUT2D eigenvalue weighted by molar-refractivity contribution is -0.384. The third-order valence-corrected chi connectivity index (χ3v) is 3.79. The van der Waals surface area contributed by atoms with Gasteiger partial charge in [0.2, 0.25) is 11.7 Å².